The molecule has 2 aromatic rings. The zero-order chi connectivity index (χ0) is 22.8. The SMILES string of the molecule is O=C(O)C1CCCN1C(=O)Cc1ccc(CC(=O)N2CCCC2C(=O)O)c2ccccc12. The molecular formula is C24H26N2O6. The van der Waals surface area contributed by atoms with Crippen LogP contribution in [-0.4, -0.2) is 68.9 Å². The number of hydrogen-bond acceptors (Lipinski definition) is 4. The molecule has 2 saturated heterocycles. The van der Waals surface area contributed by atoms with Crippen molar-refractivity contribution in [2.45, 2.75) is 50.6 Å². The van der Waals surface area contributed by atoms with Gasteiger partial charge in [-0.3, -0.25) is 9.59 Å². The van der Waals surface area contributed by atoms with E-state index in [4.69, 9.17) is 0 Å². The van der Waals surface area contributed by atoms with Crippen LogP contribution in [-0.2, 0) is 32.0 Å². The summed E-state index contributed by atoms with van der Waals surface area (Å²) in [6, 6.07) is 9.58. The van der Waals surface area contributed by atoms with Gasteiger partial charge in [0.15, 0.2) is 0 Å². The molecule has 168 valence electrons. The number of amides is 2. The van der Waals surface area contributed by atoms with Crippen LogP contribution in [0.25, 0.3) is 10.8 Å². The lowest BCUT2D eigenvalue weighted by Crippen LogP contribution is -2.41. The fraction of sp³-hybridized carbons (Fsp3) is 0.417. The summed E-state index contributed by atoms with van der Waals surface area (Å²) < 4.78 is 0. The number of carbonyl (C=O) groups is 4. The van der Waals surface area contributed by atoms with Gasteiger partial charge in [-0.1, -0.05) is 36.4 Å². The van der Waals surface area contributed by atoms with Crippen molar-refractivity contribution in [3.63, 3.8) is 0 Å². The zero-order valence-electron chi connectivity index (χ0n) is 17.7. The van der Waals surface area contributed by atoms with E-state index in [2.05, 4.69) is 0 Å². The van der Waals surface area contributed by atoms with Crippen molar-refractivity contribution in [3.05, 3.63) is 47.5 Å². The van der Waals surface area contributed by atoms with Crippen molar-refractivity contribution in [1.29, 1.82) is 0 Å². The maximum atomic E-state index is 12.9. The molecule has 0 spiro atoms. The highest BCUT2D eigenvalue weighted by Gasteiger charge is 2.35. The zero-order valence-corrected chi connectivity index (χ0v) is 17.7. The molecule has 2 atom stereocenters. The Bertz CT molecular complexity index is 997. The molecule has 8 heteroatoms. The van der Waals surface area contributed by atoms with Gasteiger partial charge in [0.1, 0.15) is 12.1 Å². The molecular weight excluding hydrogens is 412 g/mol. The summed E-state index contributed by atoms with van der Waals surface area (Å²) in [4.78, 5) is 51.5. The smallest absolute Gasteiger partial charge is 0.326 e. The van der Waals surface area contributed by atoms with Crippen molar-refractivity contribution in [3.8, 4) is 0 Å². The molecule has 2 fully saturated rings. The third-order valence-corrected chi connectivity index (χ3v) is 6.50. The second-order valence-electron chi connectivity index (χ2n) is 8.45. The predicted octanol–water partition coefficient (Wildman–Crippen LogP) is 2.08. The minimum Gasteiger partial charge on any atom is -0.480 e. The highest BCUT2D eigenvalue weighted by Crippen LogP contribution is 2.27. The van der Waals surface area contributed by atoms with Crippen molar-refractivity contribution >= 4 is 34.5 Å². The lowest BCUT2D eigenvalue weighted by molar-refractivity contribution is -0.148. The number of carbonyl (C=O) groups excluding carboxylic acids is 2. The third-order valence-electron chi connectivity index (χ3n) is 6.50. The van der Waals surface area contributed by atoms with E-state index in [0.29, 0.717) is 38.8 Å². The Morgan fingerprint density at radius 2 is 1.12 bits per heavy atom. The van der Waals surface area contributed by atoms with Gasteiger partial charge >= 0.3 is 11.9 Å². The summed E-state index contributed by atoms with van der Waals surface area (Å²) in [6.45, 7) is 0.891. The van der Waals surface area contributed by atoms with Gasteiger partial charge in [0, 0.05) is 13.1 Å². The van der Waals surface area contributed by atoms with Gasteiger partial charge in [-0.25, -0.2) is 9.59 Å². The van der Waals surface area contributed by atoms with Gasteiger partial charge in [-0.2, -0.15) is 0 Å². The lowest BCUT2D eigenvalue weighted by Gasteiger charge is -2.23. The number of aliphatic carboxylic acids is 2. The van der Waals surface area contributed by atoms with Crippen LogP contribution < -0.4 is 0 Å². The second-order valence-corrected chi connectivity index (χ2v) is 8.45. The van der Waals surface area contributed by atoms with Gasteiger partial charge in [0.25, 0.3) is 0 Å². The molecule has 2 heterocycles. The van der Waals surface area contributed by atoms with Gasteiger partial charge in [-0.15, -0.1) is 0 Å². The molecule has 32 heavy (non-hydrogen) atoms. The van der Waals surface area contributed by atoms with Crippen molar-refractivity contribution < 1.29 is 29.4 Å². The number of rotatable bonds is 6. The van der Waals surface area contributed by atoms with E-state index in [-0.39, 0.29) is 24.7 Å². The molecule has 2 aromatic carbocycles. The molecule has 0 bridgehead atoms. The van der Waals surface area contributed by atoms with Crippen LogP contribution in [0, 0.1) is 0 Å². The highest BCUT2D eigenvalue weighted by atomic mass is 16.4. The van der Waals surface area contributed by atoms with Crippen LogP contribution in [0.4, 0.5) is 0 Å². The predicted molar refractivity (Wildman–Crippen MR) is 116 cm³/mol. The van der Waals surface area contributed by atoms with Crippen molar-refractivity contribution in [1.82, 2.24) is 9.80 Å². The van der Waals surface area contributed by atoms with Gasteiger partial charge in [0.05, 0.1) is 12.8 Å². The number of carboxylic acids is 2. The van der Waals surface area contributed by atoms with Crippen LogP contribution in [0.2, 0.25) is 0 Å². The van der Waals surface area contributed by atoms with E-state index in [1.165, 1.54) is 9.80 Å². The first kappa shape index (κ1) is 21.8. The quantitative estimate of drug-likeness (QED) is 0.714. The molecule has 2 aliphatic rings. The molecule has 2 N–H and O–H groups in total. The van der Waals surface area contributed by atoms with Gasteiger partial charge < -0.3 is 20.0 Å². The van der Waals surface area contributed by atoms with Crippen molar-refractivity contribution in [2.75, 3.05) is 13.1 Å². The Hall–Kier alpha value is -3.42. The van der Waals surface area contributed by atoms with Crippen LogP contribution >= 0.6 is 0 Å². The molecule has 2 unspecified atom stereocenters. The molecule has 8 nitrogen and oxygen atoms in total. The van der Waals surface area contributed by atoms with Gasteiger partial charge in [-0.05, 0) is 47.6 Å². The normalized spacial score (nSPS) is 20.6. The molecule has 2 amide bonds. The van der Waals surface area contributed by atoms with E-state index in [1.807, 2.05) is 36.4 Å². The molecule has 0 aromatic heterocycles. The van der Waals surface area contributed by atoms with E-state index in [1.54, 1.807) is 0 Å². The van der Waals surface area contributed by atoms with Crippen LogP contribution in [0.15, 0.2) is 36.4 Å². The molecule has 0 aliphatic carbocycles. The monoisotopic (exact) mass is 438 g/mol. The fourth-order valence-electron chi connectivity index (χ4n) is 4.91. The number of carboxylic acid groups (broad SMARTS) is 2. The lowest BCUT2D eigenvalue weighted by atomic mass is 9.95. The molecule has 4 rings (SSSR count). The Morgan fingerprint density at radius 1 is 0.719 bits per heavy atom. The van der Waals surface area contributed by atoms with Gasteiger partial charge in [0.2, 0.25) is 11.8 Å². The maximum Gasteiger partial charge on any atom is 0.326 e. The van der Waals surface area contributed by atoms with Crippen LogP contribution in [0.1, 0.15) is 36.8 Å². The number of likely N-dealkylation sites (tertiary alicyclic amines) is 2. The van der Waals surface area contributed by atoms with E-state index in [9.17, 15) is 29.4 Å². The first-order valence-electron chi connectivity index (χ1n) is 10.9. The number of fused-ring (bicyclic) bond motifs is 1. The van der Waals surface area contributed by atoms with Crippen LogP contribution in [0.5, 0.6) is 0 Å². The van der Waals surface area contributed by atoms with Crippen LogP contribution in [0.3, 0.4) is 0 Å². The number of hydrogen-bond donors (Lipinski definition) is 2. The average Bonchev–Trinajstić information content (AvgIpc) is 3.45. The topological polar surface area (TPSA) is 115 Å². The first-order chi connectivity index (χ1) is 15.4. The second kappa shape index (κ2) is 8.98. The largest absolute Gasteiger partial charge is 0.480 e. The highest BCUT2D eigenvalue weighted by molar-refractivity contribution is 5.96. The summed E-state index contributed by atoms with van der Waals surface area (Å²) in [5.41, 5.74) is 1.56. The molecule has 0 radical (unpaired) electrons. The summed E-state index contributed by atoms with van der Waals surface area (Å²) in [5.74, 6) is -2.39. The van der Waals surface area contributed by atoms with E-state index < -0.39 is 24.0 Å². The standard InChI is InChI=1S/C24H26N2O6/c27-21(25-11-3-7-19(25)23(29)30)13-15-9-10-16(18-6-2-1-5-17(15)18)14-22(28)26-12-4-8-20(26)24(31)32/h1-2,5-6,9-10,19-20H,3-4,7-8,11-14H2,(H,29,30)(H,31,32). The Balaban J connectivity index is 1.57. The summed E-state index contributed by atoms with van der Waals surface area (Å²) in [6.07, 6.45) is 2.47. The average molecular weight is 438 g/mol. The summed E-state index contributed by atoms with van der Waals surface area (Å²) in [5, 5.41) is 20.4. The molecule has 2 aliphatic heterocycles. The first-order valence-corrected chi connectivity index (χ1v) is 10.9. The Kier molecular flexibility index (Phi) is 6.12. The van der Waals surface area contributed by atoms with Crippen molar-refractivity contribution in [2.24, 2.45) is 0 Å². The van der Waals surface area contributed by atoms with E-state index >= 15 is 0 Å². The molecule has 0 saturated carbocycles. The summed E-state index contributed by atoms with van der Waals surface area (Å²) >= 11 is 0. The summed E-state index contributed by atoms with van der Waals surface area (Å²) in [7, 11) is 0. The van der Waals surface area contributed by atoms with E-state index in [0.717, 1.165) is 21.9 Å². The minimum absolute atomic E-state index is 0.0890. The third kappa shape index (κ3) is 4.17. The maximum absolute atomic E-state index is 12.9. The fourth-order valence-corrected chi connectivity index (χ4v) is 4.91. The number of benzene rings is 2. The minimum atomic E-state index is -0.976. The Labute approximate surface area is 185 Å². The number of nitrogens with zero attached hydrogens (tertiary/aromatic N) is 2. The Morgan fingerprint density at radius 3 is 1.50 bits per heavy atom.